The Balaban J connectivity index is 1.86. The molecule has 1 aliphatic rings. The molecule has 2 aromatic rings. The molecule has 0 bridgehead atoms. The summed E-state index contributed by atoms with van der Waals surface area (Å²) < 4.78 is 6.87. The Bertz CT molecular complexity index is 708. The summed E-state index contributed by atoms with van der Waals surface area (Å²) in [5, 5.41) is 22.2. The van der Waals surface area contributed by atoms with E-state index in [0.29, 0.717) is 11.7 Å². The van der Waals surface area contributed by atoms with Crippen LogP contribution in [0.25, 0.3) is 0 Å². The minimum Gasteiger partial charge on any atom is -0.337 e. The summed E-state index contributed by atoms with van der Waals surface area (Å²) in [5.41, 5.74) is -0.853. The molecular formula is C13H19N7O3. The van der Waals surface area contributed by atoms with E-state index in [-0.39, 0.29) is 11.7 Å². The molecule has 1 saturated heterocycles. The average Bonchev–Trinajstić information content (AvgIpc) is 3.18. The van der Waals surface area contributed by atoms with Crippen molar-refractivity contribution in [1.29, 1.82) is 0 Å². The lowest BCUT2D eigenvalue weighted by Crippen LogP contribution is -2.44. The predicted octanol–water partition coefficient (Wildman–Crippen LogP) is 0.534. The number of hydrogen-bond acceptors (Lipinski definition) is 8. The van der Waals surface area contributed by atoms with Gasteiger partial charge in [0.25, 0.3) is 5.89 Å². The van der Waals surface area contributed by atoms with Crippen molar-refractivity contribution >= 4 is 5.69 Å². The molecule has 0 aliphatic carbocycles. The molecule has 1 aliphatic heterocycles. The topological polar surface area (TPSA) is 115 Å². The van der Waals surface area contributed by atoms with E-state index in [4.69, 9.17) is 4.52 Å². The van der Waals surface area contributed by atoms with Gasteiger partial charge in [0.05, 0.1) is 11.0 Å². The molecule has 0 spiro atoms. The van der Waals surface area contributed by atoms with E-state index in [9.17, 15) is 10.1 Å². The van der Waals surface area contributed by atoms with Gasteiger partial charge >= 0.3 is 5.69 Å². The summed E-state index contributed by atoms with van der Waals surface area (Å²) >= 11 is 0. The van der Waals surface area contributed by atoms with Crippen LogP contribution in [0.2, 0.25) is 0 Å². The molecular weight excluding hydrogens is 302 g/mol. The van der Waals surface area contributed by atoms with Gasteiger partial charge in [0.1, 0.15) is 17.9 Å². The van der Waals surface area contributed by atoms with E-state index in [1.165, 1.54) is 17.1 Å². The van der Waals surface area contributed by atoms with Gasteiger partial charge in [-0.2, -0.15) is 10.1 Å². The van der Waals surface area contributed by atoms with E-state index in [2.05, 4.69) is 25.5 Å². The van der Waals surface area contributed by atoms with Crippen LogP contribution in [0.15, 0.2) is 16.9 Å². The largest absolute Gasteiger partial charge is 0.337 e. The molecule has 1 atom stereocenters. The highest BCUT2D eigenvalue weighted by Crippen LogP contribution is 2.27. The Morgan fingerprint density at radius 2 is 2.30 bits per heavy atom. The SMILES string of the molecule is CN1CCNCC1c1noc(C(C)(C)n2cc([N+](=O)[O-])cn2)n1. The summed E-state index contributed by atoms with van der Waals surface area (Å²) in [6.45, 7) is 6.24. The van der Waals surface area contributed by atoms with Crippen LogP contribution in [-0.4, -0.2) is 56.4 Å². The lowest BCUT2D eigenvalue weighted by Gasteiger charge is -2.30. The lowest BCUT2D eigenvalue weighted by molar-refractivity contribution is -0.385. The van der Waals surface area contributed by atoms with Gasteiger partial charge in [0.2, 0.25) is 0 Å². The molecule has 3 rings (SSSR count). The lowest BCUT2D eigenvalue weighted by atomic mass is 10.1. The van der Waals surface area contributed by atoms with E-state index < -0.39 is 10.5 Å². The highest BCUT2D eigenvalue weighted by Gasteiger charge is 2.34. The maximum absolute atomic E-state index is 10.8. The van der Waals surface area contributed by atoms with Crippen LogP contribution in [0.1, 0.15) is 31.6 Å². The van der Waals surface area contributed by atoms with Gasteiger partial charge in [-0.05, 0) is 20.9 Å². The van der Waals surface area contributed by atoms with E-state index in [1.807, 2.05) is 20.9 Å². The number of rotatable bonds is 4. The number of nitrogens with zero attached hydrogens (tertiary/aromatic N) is 6. The Morgan fingerprint density at radius 1 is 1.52 bits per heavy atom. The number of nitro groups is 1. The molecule has 0 amide bonds. The quantitative estimate of drug-likeness (QED) is 0.640. The minimum absolute atomic E-state index is 0.0454. The third-order valence-electron chi connectivity index (χ3n) is 4.13. The van der Waals surface area contributed by atoms with Crippen LogP contribution in [0, 0.1) is 10.1 Å². The molecule has 3 heterocycles. The first-order chi connectivity index (χ1) is 10.9. The number of nitrogens with one attached hydrogen (secondary N) is 1. The van der Waals surface area contributed by atoms with Crippen LogP contribution < -0.4 is 5.32 Å². The van der Waals surface area contributed by atoms with Crippen LogP contribution in [0.5, 0.6) is 0 Å². The summed E-state index contributed by atoms with van der Waals surface area (Å²) in [7, 11) is 2.02. The molecule has 124 valence electrons. The first-order valence-electron chi connectivity index (χ1n) is 7.34. The second kappa shape index (κ2) is 5.70. The van der Waals surface area contributed by atoms with Crippen molar-refractivity contribution in [3.8, 4) is 0 Å². The molecule has 10 heteroatoms. The number of likely N-dealkylation sites (N-methyl/N-ethyl adjacent to an activating group) is 1. The van der Waals surface area contributed by atoms with E-state index in [1.54, 1.807) is 0 Å². The Hall–Kier alpha value is -2.33. The van der Waals surface area contributed by atoms with Crippen molar-refractivity contribution < 1.29 is 9.45 Å². The van der Waals surface area contributed by atoms with E-state index >= 15 is 0 Å². The van der Waals surface area contributed by atoms with Gasteiger partial charge in [-0.25, -0.2) is 0 Å². The van der Waals surface area contributed by atoms with Crippen molar-refractivity contribution in [3.05, 3.63) is 34.2 Å². The Kier molecular flexibility index (Phi) is 3.86. The first kappa shape index (κ1) is 15.6. The van der Waals surface area contributed by atoms with Crippen molar-refractivity contribution in [2.45, 2.75) is 25.4 Å². The summed E-state index contributed by atoms with van der Waals surface area (Å²) in [4.78, 5) is 17.0. The third-order valence-corrected chi connectivity index (χ3v) is 4.13. The van der Waals surface area contributed by atoms with Gasteiger partial charge in [0.15, 0.2) is 5.82 Å². The normalized spacial score (nSPS) is 19.9. The molecule has 10 nitrogen and oxygen atoms in total. The van der Waals surface area contributed by atoms with Crippen molar-refractivity contribution in [3.63, 3.8) is 0 Å². The third kappa shape index (κ3) is 2.82. The number of piperazine rings is 1. The van der Waals surface area contributed by atoms with Gasteiger partial charge in [-0.15, -0.1) is 0 Å². The maximum atomic E-state index is 10.8. The Labute approximate surface area is 132 Å². The summed E-state index contributed by atoms with van der Waals surface area (Å²) in [6, 6.07) is 0.0454. The fourth-order valence-corrected chi connectivity index (χ4v) is 2.52. The zero-order valence-electron chi connectivity index (χ0n) is 13.3. The second-order valence-electron chi connectivity index (χ2n) is 6.12. The van der Waals surface area contributed by atoms with Gasteiger partial charge in [-0.1, -0.05) is 5.16 Å². The second-order valence-corrected chi connectivity index (χ2v) is 6.12. The maximum Gasteiger partial charge on any atom is 0.307 e. The fourth-order valence-electron chi connectivity index (χ4n) is 2.52. The van der Waals surface area contributed by atoms with E-state index in [0.717, 1.165) is 19.6 Å². The van der Waals surface area contributed by atoms with Crippen molar-refractivity contribution in [2.24, 2.45) is 0 Å². The Morgan fingerprint density at radius 3 is 2.96 bits per heavy atom. The van der Waals surface area contributed by atoms with Gasteiger partial charge < -0.3 is 9.84 Å². The predicted molar refractivity (Wildman–Crippen MR) is 79.8 cm³/mol. The van der Waals surface area contributed by atoms with Gasteiger partial charge in [0, 0.05) is 19.6 Å². The van der Waals surface area contributed by atoms with Gasteiger partial charge in [-0.3, -0.25) is 19.7 Å². The molecule has 0 aromatic carbocycles. The van der Waals surface area contributed by atoms with Crippen LogP contribution >= 0.6 is 0 Å². The van der Waals surface area contributed by atoms with Crippen LogP contribution in [-0.2, 0) is 5.54 Å². The van der Waals surface area contributed by atoms with Crippen molar-refractivity contribution in [1.82, 2.24) is 30.1 Å². The average molecular weight is 321 g/mol. The minimum atomic E-state index is -0.778. The van der Waals surface area contributed by atoms with Crippen LogP contribution in [0.3, 0.4) is 0 Å². The molecule has 1 fully saturated rings. The monoisotopic (exact) mass is 321 g/mol. The summed E-state index contributed by atoms with van der Waals surface area (Å²) in [5.74, 6) is 0.967. The first-order valence-corrected chi connectivity index (χ1v) is 7.34. The smallest absolute Gasteiger partial charge is 0.307 e. The fraction of sp³-hybridized carbons (Fsp3) is 0.615. The highest BCUT2D eigenvalue weighted by atomic mass is 16.6. The molecule has 1 N–H and O–H groups in total. The molecule has 23 heavy (non-hydrogen) atoms. The summed E-state index contributed by atoms with van der Waals surface area (Å²) in [6.07, 6.45) is 2.57. The standard InChI is InChI=1S/C13H19N7O3/c1-13(2,19-8-9(6-15-19)20(21)22)12-16-11(17-23-12)10-7-14-4-5-18(10)3/h6,8,10,14H,4-5,7H2,1-3H3. The number of hydrogen-bond donors (Lipinski definition) is 1. The number of aromatic nitrogens is 4. The highest BCUT2D eigenvalue weighted by molar-refractivity contribution is 5.22. The zero-order valence-corrected chi connectivity index (χ0v) is 13.3. The van der Waals surface area contributed by atoms with Crippen molar-refractivity contribution in [2.75, 3.05) is 26.7 Å². The molecule has 0 radical (unpaired) electrons. The molecule has 1 unspecified atom stereocenters. The van der Waals surface area contributed by atoms with Crippen LogP contribution in [0.4, 0.5) is 5.69 Å². The molecule has 0 saturated carbocycles. The molecule has 2 aromatic heterocycles. The zero-order chi connectivity index (χ0) is 16.6.